The maximum absolute atomic E-state index is 13.3. The normalized spacial score (nSPS) is 23.7. The van der Waals surface area contributed by atoms with Gasteiger partial charge in [-0.2, -0.15) is 0 Å². The van der Waals surface area contributed by atoms with Crippen LogP contribution in [0.1, 0.15) is 16.7 Å². The highest BCUT2D eigenvalue weighted by molar-refractivity contribution is 7.91. The average Bonchev–Trinajstić information content (AvgIpc) is 3.03. The van der Waals surface area contributed by atoms with Gasteiger partial charge < -0.3 is 4.90 Å². The summed E-state index contributed by atoms with van der Waals surface area (Å²) in [5.74, 6) is -0.00890. The van der Waals surface area contributed by atoms with Gasteiger partial charge in [0.1, 0.15) is 0 Å². The van der Waals surface area contributed by atoms with Crippen LogP contribution in [0, 0.1) is 13.8 Å². The van der Waals surface area contributed by atoms with Gasteiger partial charge in [0.15, 0.2) is 9.84 Å². The summed E-state index contributed by atoms with van der Waals surface area (Å²) < 4.78 is 24.7. The van der Waals surface area contributed by atoms with Gasteiger partial charge in [-0.05, 0) is 42.7 Å². The molecular formula is C20H21ClN2O3S. The van der Waals surface area contributed by atoms with Crippen LogP contribution in [-0.4, -0.2) is 42.9 Å². The van der Waals surface area contributed by atoms with Crippen LogP contribution in [0.4, 0.5) is 10.5 Å². The number of amides is 2. The van der Waals surface area contributed by atoms with Crippen molar-refractivity contribution in [1.82, 2.24) is 4.90 Å². The molecule has 4 rings (SSSR count). The number of carbonyl (C=O) groups is 1. The minimum atomic E-state index is -3.20. The topological polar surface area (TPSA) is 57.7 Å². The number of urea groups is 1. The number of hydrogen-bond donors (Lipinski definition) is 0. The van der Waals surface area contributed by atoms with Crippen molar-refractivity contribution in [2.45, 2.75) is 32.5 Å². The van der Waals surface area contributed by atoms with E-state index < -0.39 is 9.84 Å². The van der Waals surface area contributed by atoms with E-state index in [9.17, 15) is 13.2 Å². The first-order valence-corrected chi connectivity index (χ1v) is 11.1. The van der Waals surface area contributed by atoms with E-state index in [1.54, 1.807) is 15.9 Å². The molecule has 2 fully saturated rings. The van der Waals surface area contributed by atoms with E-state index in [-0.39, 0.29) is 29.6 Å². The first-order chi connectivity index (χ1) is 12.8. The summed E-state index contributed by atoms with van der Waals surface area (Å²) in [5.41, 5.74) is 3.59. The van der Waals surface area contributed by atoms with E-state index >= 15 is 0 Å². The number of halogens is 1. The Hall–Kier alpha value is -2.05. The maximum Gasteiger partial charge on any atom is 0.325 e. The lowest BCUT2D eigenvalue weighted by Gasteiger charge is -2.24. The van der Waals surface area contributed by atoms with E-state index in [2.05, 4.69) is 0 Å². The standard InChI is InChI=1S/C20H21ClN2O3S/c1-13-7-8-14(2)17(9-13)23-19-12-27(25,26)11-18(19)22(20(23)24)10-15-5-3-4-6-16(15)21/h3-9,18-19H,10-12H2,1-2H3/t18-,19-/m1/s1. The molecule has 0 spiro atoms. The highest BCUT2D eigenvalue weighted by atomic mass is 35.5. The van der Waals surface area contributed by atoms with Crippen molar-refractivity contribution < 1.29 is 13.2 Å². The quantitative estimate of drug-likeness (QED) is 0.735. The first-order valence-electron chi connectivity index (χ1n) is 8.88. The van der Waals surface area contributed by atoms with Crippen LogP contribution in [0.5, 0.6) is 0 Å². The molecule has 0 N–H and O–H groups in total. The second kappa shape index (κ2) is 6.53. The molecule has 7 heteroatoms. The van der Waals surface area contributed by atoms with Crippen molar-refractivity contribution in [3.05, 3.63) is 64.2 Å². The number of carbonyl (C=O) groups excluding carboxylic acids is 1. The van der Waals surface area contributed by atoms with E-state index in [0.29, 0.717) is 11.6 Å². The number of benzene rings is 2. The lowest BCUT2D eigenvalue weighted by molar-refractivity contribution is 0.206. The van der Waals surface area contributed by atoms with Crippen LogP contribution in [0.25, 0.3) is 0 Å². The molecule has 5 nitrogen and oxygen atoms in total. The molecule has 0 saturated carbocycles. The van der Waals surface area contributed by atoms with Gasteiger partial charge in [0, 0.05) is 17.3 Å². The summed E-state index contributed by atoms with van der Waals surface area (Å²) >= 11 is 6.28. The molecule has 142 valence electrons. The van der Waals surface area contributed by atoms with Crippen molar-refractivity contribution in [3.63, 3.8) is 0 Å². The zero-order chi connectivity index (χ0) is 19.3. The Morgan fingerprint density at radius 3 is 2.52 bits per heavy atom. The highest BCUT2D eigenvalue weighted by Gasteiger charge is 2.54. The Labute approximate surface area is 164 Å². The lowest BCUT2D eigenvalue weighted by atomic mass is 10.1. The summed E-state index contributed by atoms with van der Waals surface area (Å²) in [5, 5.41) is 0.577. The minimum absolute atomic E-state index is 0.00416. The molecule has 0 radical (unpaired) electrons. The van der Waals surface area contributed by atoms with Crippen LogP contribution in [0.2, 0.25) is 5.02 Å². The van der Waals surface area contributed by atoms with Crippen molar-refractivity contribution >= 4 is 33.2 Å². The molecule has 0 unspecified atom stereocenters. The molecule has 2 amide bonds. The predicted octanol–water partition coefficient (Wildman–Crippen LogP) is 3.56. The van der Waals surface area contributed by atoms with Crippen LogP contribution in [-0.2, 0) is 16.4 Å². The predicted molar refractivity (Wildman–Crippen MR) is 107 cm³/mol. The molecule has 2 atom stereocenters. The number of sulfone groups is 1. The lowest BCUT2D eigenvalue weighted by Crippen LogP contribution is -2.38. The fourth-order valence-corrected chi connectivity index (χ4v) is 6.18. The van der Waals surface area contributed by atoms with Crippen LogP contribution in [0.15, 0.2) is 42.5 Å². The number of hydrogen-bond acceptors (Lipinski definition) is 3. The maximum atomic E-state index is 13.3. The number of aryl methyl sites for hydroxylation is 2. The van der Waals surface area contributed by atoms with E-state index in [4.69, 9.17) is 11.6 Å². The van der Waals surface area contributed by atoms with Crippen LogP contribution >= 0.6 is 11.6 Å². The van der Waals surface area contributed by atoms with Gasteiger partial charge >= 0.3 is 6.03 Å². The molecule has 0 aliphatic carbocycles. The third-order valence-electron chi connectivity index (χ3n) is 5.40. The second-order valence-electron chi connectivity index (χ2n) is 7.37. The summed E-state index contributed by atoms with van der Waals surface area (Å²) in [6.07, 6.45) is 0. The SMILES string of the molecule is Cc1ccc(C)c(N2C(=O)N(Cc3ccccc3Cl)[C@@H]3CS(=O)(=O)C[C@H]32)c1. The number of fused-ring (bicyclic) bond motifs is 1. The minimum Gasteiger partial charge on any atom is -0.314 e. The number of anilines is 1. The van der Waals surface area contributed by atoms with Gasteiger partial charge in [-0.1, -0.05) is 41.9 Å². The molecule has 2 aliphatic rings. The van der Waals surface area contributed by atoms with Gasteiger partial charge in [-0.15, -0.1) is 0 Å². The van der Waals surface area contributed by atoms with Gasteiger partial charge in [0.05, 0.1) is 23.6 Å². The molecule has 2 heterocycles. The van der Waals surface area contributed by atoms with Gasteiger partial charge in [0.25, 0.3) is 0 Å². The van der Waals surface area contributed by atoms with Gasteiger partial charge in [0.2, 0.25) is 0 Å². The van der Waals surface area contributed by atoms with Gasteiger partial charge in [-0.3, -0.25) is 4.90 Å². The summed E-state index contributed by atoms with van der Waals surface area (Å²) in [6.45, 7) is 4.21. The van der Waals surface area contributed by atoms with Crippen molar-refractivity contribution in [2.24, 2.45) is 0 Å². The molecular weight excluding hydrogens is 384 g/mol. The Bertz CT molecular complexity index is 1020. The highest BCUT2D eigenvalue weighted by Crippen LogP contribution is 2.38. The fourth-order valence-electron chi connectivity index (χ4n) is 4.03. The molecule has 2 aromatic rings. The molecule has 2 aliphatic heterocycles. The largest absolute Gasteiger partial charge is 0.325 e. The molecule has 2 aromatic carbocycles. The third-order valence-corrected chi connectivity index (χ3v) is 7.47. The molecule has 0 aromatic heterocycles. The Kier molecular flexibility index (Phi) is 4.43. The van der Waals surface area contributed by atoms with E-state index in [1.165, 1.54) is 0 Å². The number of nitrogens with zero attached hydrogens (tertiary/aromatic N) is 2. The van der Waals surface area contributed by atoms with Crippen molar-refractivity contribution in [1.29, 1.82) is 0 Å². The first kappa shape index (κ1) is 18.3. The van der Waals surface area contributed by atoms with E-state index in [0.717, 1.165) is 22.4 Å². The zero-order valence-corrected chi connectivity index (χ0v) is 16.8. The zero-order valence-electron chi connectivity index (χ0n) is 15.2. The second-order valence-corrected chi connectivity index (χ2v) is 9.93. The summed E-state index contributed by atoms with van der Waals surface area (Å²) in [4.78, 5) is 16.7. The van der Waals surface area contributed by atoms with Crippen molar-refractivity contribution in [3.8, 4) is 0 Å². The molecule has 2 saturated heterocycles. The van der Waals surface area contributed by atoms with Crippen molar-refractivity contribution in [2.75, 3.05) is 16.4 Å². The summed E-state index contributed by atoms with van der Waals surface area (Å²) in [7, 11) is -3.20. The van der Waals surface area contributed by atoms with Gasteiger partial charge in [-0.25, -0.2) is 13.2 Å². The fraction of sp³-hybridized carbons (Fsp3) is 0.350. The molecule has 0 bridgehead atoms. The Morgan fingerprint density at radius 2 is 1.78 bits per heavy atom. The average molecular weight is 405 g/mol. The smallest absolute Gasteiger partial charge is 0.314 e. The Morgan fingerprint density at radius 1 is 1.07 bits per heavy atom. The molecule has 27 heavy (non-hydrogen) atoms. The van der Waals surface area contributed by atoms with Crippen LogP contribution < -0.4 is 4.90 Å². The van der Waals surface area contributed by atoms with Crippen LogP contribution in [0.3, 0.4) is 0 Å². The number of rotatable bonds is 3. The monoisotopic (exact) mass is 404 g/mol. The summed E-state index contributed by atoms with van der Waals surface area (Å²) in [6, 6.07) is 12.4. The van der Waals surface area contributed by atoms with E-state index in [1.807, 2.05) is 50.2 Å². The third kappa shape index (κ3) is 3.21. The Balaban J connectivity index is 1.76.